The molecule has 3 unspecified atom stereocenters. The molecule has 3 atom stereocenters. The summed E-state index contributed by atoms with van der Waals surface area (Å²) in [5, 5.41) is 0. The van der Waals surface area contributed by atoms with E-state index < -0.39 is 0 Å². The van der Waals surface area contributed by atoms with Crippen LogP contribution in [0.25, 0.3) is 22.2 Å². The number of ether oxygens (including phenoxy) is 1. The Bertz CT molecular complexity index is 1340. The van der Waals surface area contributed by atoms with Gasteiger partial charge in [-0.15, -0.1) is 0 Å². The van der Waals surface area contributed by atoms with Gasteiger partial charge in [-0.3, -0.25) is 4.79 Å². The molecule has 180 valence electrons. The van der Waals surface area contributed by atoms with Gasteiger partial charge in [0.05, 0.1) is 23.7 Å². The number of rotatable bonds is 4. The van der Waals surface area contributed by atoms with Crippen molar-refractivity contribution in [2.45, 2.75) is 39.7 Å². The zero-order valence-corrected chi connectivity index (χ0v) is 20.9. The van der Waals surface area contributed by atoms with Gasteiger partial charge in [-0.1, -0.05) is 49.4 Å². The molecule has 5 nitrogen and oxygen atoms in total. The number of nitrogens with one attached hydrogen (secondary N) is 1. The minimum Gasteiger partial charge on any atom is -0.493 e. The summed E-state index contributed by atoms with van der Waals surface area (Å²) in [6.07, 6.45) is 1.53. The van der Waals surface area contributed by atoms with Gasteiger partial charge in [0, 0.05) is 13.0 Å². The molecule has 0 saturated carbocycles. The number of aromatic nitrogens is 2. The van der Waals surface area contributed by atoms with Crippen molar-refractivity contribution >= 4 is 16.9 Å². The normalized spacial score (nSPS) is 18.7. The molecule has 0 aliphatic carbocycles. The lowest BCUT2D eigenvalue weighted by atomic mass is 9.83. The second kappa shape index (κ2) is 9.57. The van der Waals surface area contributed by atoms with E-state index in [1.54, 1.807) is 0 Å². The van der Waals surface area contributed by atoms with Crippen LogP contribution in [0.15, 0.2) is 66.7 Å². The number of carbonyl (C=O) groups excluding carboxylic acids is 1. The summed E-state index contributed by atoms with van der Waals surface area (Å²) < 4.78 is 6.16. The van der Waals surface area contributed by atoms with Crippen molar-refractivity contribution in [3.05, 3.63) is 83.7 Å². The highest BCUT2D eigenvalue weighted by Crippen LogP contribution is 2.35. The molecule has 35 heavy (non-hydrogen) atoms. The Balaban J connectivity index is 1.37. The van der Waals surface area contributed by atoms with E-state index in [4.69, 9.17) is 4.74 Å². The third kappa shape index (κ3) is 4.68. The number of hydrogen-bond donors (Lipinski definition) is 1. The summed E-state index contributed by atoms with van der Waals surface area (Å²) in [6.45, 7) is 6.81. The predicted molar refractivity (Wildman–Crippen MR) is 140 cm³/mol. The third-order valence-electron chi connectivity index (χ3n) is 7.44. The van der Waals surface area contributed by atoms with Crippen LogP contribution < -0.4 is 4.74 Å². The van der Waals surface area contributed by atoms with Crippen LogP contribution in [0.5, 0.6) is 5.75 Å². The van der Waals surface area contributed by atoms with E-state index in [0.717, 1.165) is 57.7 Å². The van der Waals surface area contributed by atoms with Crippen molar-refractivity contribution < 1.29 is 9.53 Å². The summed E-state index contributed by atoms with van der Waals surface area (Å²) in [6, 6.07) is 23.0. The minimum atomic E-state index is -0.0766. The smallest absolute Gasteiger partial charge is 0.226 e. The van der Waals surface area contributed by atoms with E-state index in [1.807, 2.05) is 37.1 Å². The van der Waals surface area contributed by atoms with Crippen LogP contribution in [-0.4, -0.2) is 34.4 Å². The Morgan fingerprint density at radius 1 is 1.09 bits per heavy atom. The van der Waals surface area contributed by atoms with Gasteiger partial charge < -0.3 is 14.6 Å². The molecule has 0 spiro atoms. The Morgan fingerprint density at radius 3 is 2.63 bits per heavy atom. The SMILES string of the molecule is Cc1nc2ccc(-c3ccc4c(c3)CC(C)C(C(=O)N(C)C(C)c3ccccc3)CCO4)cc2[nH]1. The first-order valence-electron chi connectivity index (χ1n) is 12.4. The maximum absolute atomic E-state index is 13.6. The fourth-order valence-electron chi connectivity index (χ4n) is 5.22. The molecule has 0 radical (unpaired) electrons. The maximum Gasteiger partial charge on any atom is 0.226 e. The second-order valence-electron chi connectivity index (χ2n) is 9.84. The van der Waals surface area contributed by atoms with Gasteiger partial charge in [-0.2, -0.15) is 0 Å². The summed E-state index contributed by atoms with van der Waals surface area (Å²) in [4.78, 5) is 23.3. The molecular formula is C30H33N3O2. The lowest BCUT2D eigenvalue weighted by Crippen LogP contribution is -2.39. The zero-order valence-electron chi connectivity index (χ0n) is 20.9. The summed E-state index contributed by atoms with van der Waals surface area (Å²) in [5.41, 5.74) is 6.61. The maximum atomic E-state index is 13.6. The molecule has 1 aliphatic rings. The van der Waals surface area contributed by atoms with E-state index in [-0.39, 0.29) is 23.8 Å². The van der Waals surface area contributed by atoms with Gasteiger partial charge in [0.25, 0.3) is 0 Å². The third-order valence-corrected chi connectivity index (χ3v) is 7.44. The molecule has 0 fully saturated rings. The average molecular weight is 468 g/mol. The number of benzene rings is 3. The van der Waals surface area contributed by atoms with Crippen molar-refractivity contribution in [1.29, 1.82) is 0 Å². The fraction of sp³-hybridized carbons (Fsp3) is 0.333. The number of aromatic amines is 1. The lowest BCUT2D eigenvalue weighted by Gasteiger charge is -2.33. The van der Waals surface area contributed by atoms with Crippen molar-refractivity contribution in [3.8, 4) is 16.9 Å². The number of nitrogens with zero attached hydrogens (tertiary/aromatic N) is 2. The fourth-order valence-corrected chi connectivity index (χ4v) is 5.22. The number of aryl methyl sites for hydroxylation is 1. The quantitative estimate of drug-likeness (QED) is 0.381. The molecule has 2 heterocycles. The van der Waals surface area contributed by atoms with E-state index in [1.165, 1.54) is 0 Å². The Kier molecular flexibility index (Phi) is 6.33. The van der Waals surface area contributed by atoms with Crippen molar-refractivity contribution in [1.82, 2.24) is 14.9 Å². The first kappa shape index (κ1) is 23.2. The van der Waals surface area contributed by atoms with Crippen molar-refractivity contribution in [2.24, 2.45) is 11.8 Å². The van der Waals surface area contributed by atoms with E-state index in [9.17, 15) is 4.79 Å². The molecule has 0 bridgehead atoms. The van der Waals surface area contributed by atoms with Gasteiger partial charge in [-0.25, -0.2) is 4.98 Å². The highest BCUT2D eigenvalue weighted by molar-refractivity contribution is 5.82. The second-order valence-corrected chi connectivity index (χ2v) is 9.84. The molecule has 1 aliphatic heterocycles. The number of H-pyrrole nitrogens is 1. The molecule has 3 aromatic carbocycles. The van der Waals surface area contributed by atoms with Gasteiger partial charge in [0.1, 0.15) is 11.6 Å². The Labute approximate surface area is 207 Å². The molecule has 1 amide bonds. The van der Waals surface area contributed by atoms with Crippen LogP contribution in [0.2, 0.25) is 0 Å². The largest absolute Gasteiger partial charge is 0.493 e. The molecule has 1 aromatic heterocycles. The van der Waals surface area contributed by atoms with Crippen molar-refractivity contribution in [3.63, 3.8) is 0 Å². The number of hydrogen-bond acceptors (Lipinski definition) is 3. The zero-order chi connectivity index (χ0) is 24.5. The highest BCUT2D eigenvalue weighted by atomic mass is 16.5. The van der Waals surface area contributed by atoms with E-state index in [2.05, 4.69) is 72.3 Å². The van der Waals surface area contributed by atoms with Crippen LogP contribution in [0.3, 0.4) is 0 Å². The monoisotopic (exact) mass is 467 g/mol. The average Bonchev–Trinajstić information content (AvgIpc) is 3.24. The lowest BCUT2D eigenvalue weighted by molar-refractivity contribution is -0.138. The van der Waals surface area contributed by atoms with Crippen LogP contribution in [0.4, 0.5) is 0 Å². The molecular weight excluding hydrogens is 434 g/mol. The summed E-state index contributed by atoms with van der Waals surface area (Å²) in [7, 11) is 1.92. The Hall–Kier alpha value is -3.60. The predicted octanol–water partition coefficient (Wildman–Crippen LogP) is 6.34. The van der Waals surface area contributed by atoms with E-state index >= 15 is 0 Å². The van der Waals surface area contributed by atoms with Crippen LogP contribution in [0, 0.1) is 18.8 Å². The number of imidazole rings is 1. The van der Waals surface area contributed by atoms with Crippen LogP contribution in [-0.2, 0) is 11.2 Å². The first-order chi connectivity index (χ1) is 16.9. The standard InChI is InChI=1S/C30H33N3O2/c1-19-16-25-17-23(24-10-12-27-28(18-24)32-21(3)31-27)11-13-29(25)35-15-14-26(19)30(34)33(4)20(2)22-8-6-5-7-9-22/h5-13,17-20,26H,14-16H2,1-4H3,(H,31,32). The van der Waals surface area contributed by atoms with Gasteiger partial charge in [0.2, 0.25) is 5.91 Å². The first-order valence-corrected chi connectivity index (χ1v) is 12.4. The number of carbonyl (C=O) groups is 1. The van der Waals surface area contributed by atoms with E-state index in [0.29, 0.717) is 6.61 Å². The number of amides is 1. The molecule has 0 saturated heterocycles. The molecule has 5 rings (SSSR count). The van der Waals surface area contributed by atoms with Gasteiger partial charge in [-0.05, 0) is 79.1 Å². The number of fused-ring (bicyclic) bond motifs is 2. The highest BCUT2D eigenvalue weighted by Gasteiger charge is 2.32. The molecule has 4 aromatic rings. The van der Waals surface area contributed by atoms with Crippen molar-refractivity contribution in [2.75, 3.05) is 13.7 Å². The van der Waals surface area contributed by atoms with Crippen LogP contribution in [0.1, 0.15) is 43.3 Å². The minimum absolute atomic E-state index is 0.0298. The van der Waals surface area contributed by atoms with Crippen LogP contribution >= 0.6 is 0 Å². The van der Waals surface area contributed by atoms with Gasteiger partial charge >= 0.3 is 0 Å². The molecule has 1 N–H and O–H groups in total. The van der Waals surface area contributed by atoms with Gasteiger partial charge in [0.15, 0.2) is 0 Å². The Morgan fingerprint density at radius 2 is 1.83 bits per heavy atom. The summed E-state index contributed by atoms with van der Waals surface area (Å²) in [5.74, 6) is 2.17. The molecule has 5 heteroatoms. The summed E-state index contributed by atoms with van der Waals surface area (Å²) >= 11 is 0. The topological polar surface area (TPSA) is 58.2 Å².